The lowest BCUT2D eigenvalue weighted by Gasteiger charge is -2.36. The summed E-state index contributed by atoms with van der Waals surface area (Å²) >= 11 is 6.48. The quantitative estimate of drug-likeness (QED) is 0.574. The molecule has 2 saturated heterocycles. The zero-order chi connectivity index (χ0) is 20.3. The first-order chi connectivity index (χ1) is 14.8. The largest absolute Gasteiger partial charge is 0.360 e. The first-order valence-electron chi connectivity index (χ1n) is 11.0. The standard InChI is InChI=1S/C23H29ClN6/c24-20-13-27-23(29-22(20)19-12-26-21-6-2-1-5-18(19)21)28-17-4-3-11-30(15-17)14-16-7-9-25-10-8-16/h1-2,5-6,12-13,16-17,25-26H,3-4,7-11,14-15H2,(H,27,28,29)/t17-/m1/s1. The van der Waals surface area contributed by atoms with Crippen molar-refractivity contribution in [3.05, 3.63) is 41.7 Å². The molecule has 7 heteroatoms. The molecular formula is C23H29ClN6. The zero-order valence-electron chi connectivity index (χ0n) is 17.2. The number of rotatable bonds is 5. The molecule has 4 heterocycles. The van der Waals surface area contributed by atoms with Gasteiger partial charge in [-0.15, -0.1) is 0 Å². The number of halogens is 1. The first-order valence-corrected chi connectivity index (χ1v) is 11.4. The van der Waals surface area contributed by atoms with Crippen LogP contribution in [-0.2, 0) is 0 Å². The molecule has 2 aromatic heterocycles. The van der Waals surface area contributed by atoms with E-state index in [9.17, 15) is 0 Å². The maximum atomic E-state index is 6.48. The predicted octanol–water partition coefficient (Wildman–Crippen LogP) is 4.15. The predicted molar refractivity (Wildman–Crippen MR) is 123 cm³/mol. The van der Waals surface area contributed by atoms with Crippen LogP contribution in [0.3, 0.4) is 0 Å². The van der Waals surface area contributed by atoms with Crippen LogP contribution in [-0.4, -0.2) is 58.6 Å². The average molecular weight is 425 g/mol. The van der Waals surface area contributed by atoms with Crippen molar-refractivity contribution in [3.8, 4) is 11.3 Å². The molecule has 0 spiro atoms. The second kappa shape index (κ2) is 8.92. The molecule has 30 heavy (non-hydrogen) atoms. The number of H-pyrrole nitrogens is 1. The number of likely N-dealkylation sites (tertiary alicyclic amines) is 1. The van der Waals surface area contributed by atoms with Gasteiger partial charge in [0.05, 0.1) is 16.9 Å². The van der Waals surface area contributed by atoms with Crippen molar-refractivity contribution in [2.45, 2.75) is 31.7 Å². The van der Waals surface area contributed by atoms with E-state index in [2.05, 4.69) is 37.6 Å². The van der Waals surface area contributed by atoms with Gasteiger partial charge < -0.3 is 20.5 Å². The Hall–Kier alpha value is -2.15. The Labute approximate surface area is 182 Å². The average Bonchev–Trinajstić information content (AvgIpc) is 3.20. The minimum absolute atomic E-state index is 0.373. The monoisotopic (exact) mass is 424 g/mol. The van der Waals surface area contributed by atoms with Crippen LogP contribution in [0.1, 0.15) is 25.7 Å². The van der Waals surface area contributed by atoms with E-state index in [1.165, 1.54) is 32.4 Å². The highest BCUT2D eigenvalue weighted by Gasteiger charge is 2.24. The van der Waals surface area contributed by atoms with Gasteiger partial charge in [-0.2, -0.15) is 0 Å². The van der Waals surface area contributed by atoms with Gasteiger partial charge in [-0.05, 0) is 57.3 Å². The van der Waals surface area contributed by atoms with Gasteiger partial charge in [-0.1, -0.05) is 29.8 Å². The number of hydrogen-bond acceptors (Lipinski definition) is 5. The summed E-state index contributed by atoms with van der Waals surface area (Å²) in [6, 6.07) is 8.58. The number of para-hydroxylation sites is 1. The van der Waals surface area contributed by atoms with Gasteiger partial charge in [-0.3, -0.25) is 0 Å². The molecule has 0 unspecified atom stereocenters. The van der Waals surface area contributed by atoms with E-state index in [0.717, 1.165) is 54.1 Å². The van der Waals surface area contributed by atoms with Gasteiger partial charge in [0.2, 0.25) is 5.95 Å². The molecule has 0 radical (unpaired) electrons. The number of anilines is 1. The normalized spacial score (nSPS) is 21.2. The minimum Gasteiger partial charge on any atom is -0.360 e. The highest BCUT2D eigenvalue weighted by molar-refractivity contribution is 6.33. The summed E-state index contributed by atoms with van der Waals surface area (Å²) in [5.41, 5.74) is 2.86. The summed E-state index contributed by atoms with van der Waals surface area (Å²) in [6.07, 6.45) is 8.64. The van der Waals surface area contributed by atoms with Crippen LogP contribution in [0, 0.1) is 5.92 Å². The van der Waals surface area contributed by atoms with Crippen molar-refractivity contribution in [1.82, 2.24) is 25.2 Å². The van der Waals surface area contributed by atoms with Crippen LogP contribution < -0.4 is 10.6 Å². The third kappa shape index (κ3) is 4.31. The Bertz CT molecular complexity index is 996. The Morgan fingerprint density at radius 3 is 2.93 bits per heavy atom. The number of nitrogens with one attached hydrogen (secondary N) is 3. The summed E-state index contributed by atoms with van der Waals surface area (Å²) in [5, 5.41) is 8.74. The minimum atomic E-state index is 0.373. The van der Waals surface area contributed by atoms with Crippen molar-refractivity contribution in [1.29, 1.82) is 0 Å². The summed E-state index contributed by atoms with van der Waals surface area (Å²) < 4.78 is 0. The van der Waals surface area contributed by atoms with Crippen molar-refractivity contribution >= 4 is 28.5 Å². The molecule has 2 aliphatic heterocycles. The van der Waals surface area contributed by atoms with E-state index in [1.807, 2.05) is 18.3 Å². The maximum absolute atomic E-state index is 6.48. The van der Waals surface area contributed by atoms with Crippen LogP contribution in [0.2, 0.25) is 5.02 Å². The Balaban J connectivity index is 1.30. The van der Waals surface area contributed by atoms with Crippen molar-refractivity contribution < 1.29 is 0 Å². The van der Waals surface area contributed by atoms with E-state index in [-0.39, 0.29) is 0 Å². The van der Waals surface area contributed by atoms with Crippen LogP contribution in [0.5, 0.6) is 0 Å². The lowest BCUT2D eigenvalue weighted by Crippen LogP contribution is -2.45. The first kappa shape index (κ1) is 19.8. The number of nitrogens with zero attached hydrogens (tertiary/aromatic N) is 3. The number of benzene rings is 1. The molecule has 0 saturated carbocycles. The van der Waals surface area contributed by atoms with Gasteiger partial charge in [0, 0.05) is 41.8 Å². The lowest BCUT2D eigenvalue weighted by atomic mass is 9.96. The van der Waals surface area contributed by atoms with E-state index in [1.54, 1.807) is 6.20 Å². The molecule has 2 fully saturated rings. The van der Waals surface area contributed by atoms with Gasteiger partial charge in [0.15, 0.2) is 0 Å². The fourth-order valence-electron chi connectivity index (χ4n) is 4.84. The highest BCUT2D eigenvalue weighted by Crippen LogP contribution is 2.32. The molecule has 0 bridgehead atoms. The third-order valence-electron chi connectivity index (χ3n) is 6.40. The molecule has 158 valence electrons. The molecule has 3 N–H and O–H groups in total. The van der Waals surface area contributed by atoms with Crippen molar-refractivity contribution in [3.63, 3.8) is 0 Å². The van der Waals surface area contributed by atoms with Crippen LogP contribution in [0.15, 0.2) is 36.7 Å². The molecule has 1 atom stereocenters. The van der Waals surface area contributed by atoms with E-state index < -0.39 is 0 Å². The Morgan fingerprint density at radius 1 is 1.17 bits per heavy atom. The number of aromatic amines is 1. The van der Waals surface area contributed by atoms with Gasteiger partial charge in [0.1, 0.15) is 0 Å². The topological polar surface area (TPSA) is 68.9 Å². The molecule has 1 aromatic carbocycles. The second-order valence-electron chi connectivity index (χ2n) is 8.57. The smallest absolute Gasteiger partial charge is 0.223 e. The van der Waals surface area contributed by atoms with Crippen molar-refractivity contribution in [2.75, 3.05) is 38.0 Å². The second-order valence-corrected chi connectivity index (χ2v) is 8.98. The van der Waals surface area contributed by atoms with E-state index in [4.69, 9.17) is 16.6 Å². The number of aromatic nitrogens is 3. The molecule has 0 aliphatic carbocycles. The Morgan fingerprint density at radius 2 is 2.03 bits per heavy atom. The molecule has 5 rings (SSSR count). The number of hydrogen-bond donors (Lipinski definition) is 3. The summed E-state index contributed by atoms with van der Waals surface area (Å²) in [6.45, 7) is 5.79. The third-order valence-corrected chi connectivity index (χ3v) is 6.68. The number of fused-ring (bicyclic) bond motifs is 1. The molecule has 6 nitrogen and oxygen atoms in total. The molecule has 3 aromatic rings. The SMILES string of the molecule is Clc1cnc(N[C@@H]2CCCN(CC3CCNCC3)C2)nc1-c1c[nH]c2ccccc12. The summed E-state index contributed by atoms with van der Waals surface area (Å²) in [5.74, 6) is 1.48. The molecule has 0 amide bonds. The highest BCUT2D eigenvalue weighted by atomic mass is 35.5. The van der Waals surface area contributed by atoms with E-state index >= 15 is 0 Å². The van der Waals surface area contributed by atoms with Crippen LogP contribution in [0.25, 0.3) is 22.2 Å². The summed E-state index contributed by atoms with van der Waals surface area (Å²) in [4.78, 5) is 15.2. The zero-order valence-corrected chi connectivity index (χ0v) is 18.0. The number of piperidine rings is 2. The van der Waals surface area contributed by atoms with E-state index in [0.29, 0.717) is 17.0 Å². The van der Waals surface area contributed by atoms with Crippen molar-refractivity contribution in [2.24, 2.45) is 5.92 Å². The molecule has 2 aliphatic rings. The maximum Gasteiger partial charge on any atom is 0.223 e. The fraction of sp³-hybridized carbons (Fsp3) is 0.478. The van der Waals surface area contributed by atoms with Gasteiger partial charge >= 0.3 is 0 Å². The fourth-order valence-corrected chi connectivity index (χ4v) is 5.04. The molecular weight excluding hydrogens is 396 g/mol. The van der Waals surface area contributed by atoms with Crippen LogP contribution >= 0.6 is 11.6 Å². The lowest BCUT2D eigenvalue weighted by molar-refractivity contribution is 0.169. The summed E-state index contributed by atoms with van der Waals surface area (Å²) in [7, 11) is 0. The Kier molecular flexibility index (Phi) is 5.88. The van der Waals surface area contributed by atoms with Gasteiger partial charge in [-0.25, -0.2) is 9.97 Å². The van der Waals surface area contributed by atoms with Crippen LogP contribution in [0.4, 0.5) is 5.95 Å². The van der Waals surface area contributed by atoms with Gasteiger partial charge in [0.25, 0.3) is 0 Å².